The molecule has 0 spiro atoms. The molecule has 0 atom stereocenters. The molecule has 0 saturated heterocycles. The summed E-state index contributed by atoms with van der Waals surface area (Å²) in [6.07, 6.45) is 0. The van der Waals surface area contributed by atoms with Crippen LogP contribution in [0.1, 0.15) is 25.0 Å². The van der Waals surface area contributed by atoms with Gasteiger partial charge in [-0.15, -0.1) is 0 Å². The van der Waals surface area contributed by atoms with Crippen LogP contribution in [0.15, 0.2) is 243 Å². The lowest BCUT2D eigenvalue weighted by molar-refractivity contribution is 0.488. The summed E-state index contributed by atoms with van der Waals surface area (Å²) in [5, 5.41) is 4.62. The Morgan fingerprint density at radius 2 is 0.912 bits per heavy atom. The number of nitrogens with zero attached hydrogens (tertiary/aromatic N) is 2. The van der Waals surface area contributed by atoms with E-state index in [0.29, 0.717) is 0 Å². The second-order valence-corrected chi connectivity index (χ2v) is 18.5. The van der Waals surface area contributed by atoms with Gasteiger partial charge >= 0.3 is 0 Å². The van der Waals surface area contributed by atoms with Gasteiger partial charge in [0.15, 0.2) is 5.75 Å². The highest BCUT2D eigenvalue weighted by Crippen LogP contribution is 2.55. The van der Waals surface area contributed by atoms with Gasteiger partial charge in [0.1, 0.15) is 5.75 Å². The Hall–Kier alpha value is -8.66. The minimum absolute atomic E-state index is 0.0944. The minimum Gasteiger partial charge on any atom is -0.454 e. The average molecular weight is 871 g/mol. The molecule has 13 rings (SSSR count). The molecule has 1 heterocycles. The van der Waals surface area contributed by atoms with Gasteiger partial charge in [0.2, 0.25) is 0 Å². The molecule has 0 saturated carbocycles. The fourth-order valence-electron chi connectivity index (χ4n) is 11.0. The predicted molar refractivity (Wildman–Crippen MR) is 285 cm³/mol. The Labute approximate surface area is 397 Å². The van der Waals surface area contributed by atoms with Gasteiger partial charge in [0, 0.05) is 44.5 Å². The lowest BCUT2D eigenvalue weighted by Gasteiger charge is -2.31. The second kappa shape index (κ2) is 15.8. The van der Waals surface area contributed by atoms with Crippen molar-refractivity contribution in [2.45, 2.75) is 19.3 Å². The zero-order valence-electron chi connectivity index (χ0n) is 37.9. The van der Waals surface area contributed by atoms with E-state index in [1.807, 2.05) is 0 Å². The summed E-state index contributed by atoms with van der Waals surface area (Å²) in [4.78, 5) is 4.75. The van der Waals surface area contributed by atoms with Gasteiger partial charge in [-0.05, 0) is 134 Å². The van der Waals surface area contributed by atoms with Crippen molar-refractivity contribution in [3.63, 3.8) is 0 Å². The van der Waals surface area contributed by atoms with Crippen LogP contribution in [0.3, 0.4) is 0 Å². The molecule has 3 heteroatoms. The van der Waals surface area contributed by atoms with Crippen molar-refractivity contribution in [3.8, 4) is 56.0 Å². The maximum absolute atomic E-state index is 7.11. The molecule has 3 nitrogen and oxygen atoms in total. The van der Waals surface area contributed by atoms with Gasteiger partial charge in [-0.3, -0.25) is 0 Å². The summed E-state index contributed by atoms with van der Waals surface area (Å²) >= 11 is 0. The lowest BCUT2D eigenvalue weighted by atomic mass is 9.82. The molecule has 0 fully saturated rings. The van der Waals surface area contributed by atoms with Gasteiger partial charge in [-0.2, -0.15) is 0 Å². The number of benzene rings is 11. The monoisotopic (exact) mass is 870 g/mol. The van der Waals surface area contributed by atoms with Gasteiger partial charge in [-0.25, -0.2) is 0 Å². The van der Waals surface area contributed by atoms with Crippen molar-refractivity contribution in [3.05, 3.63) is 254 Å². The molecule has 322 valence electrons. The minimum atomic E-state index is -0.0944. The second-order valence-electron chi connectivity index (χ2n) is 18.5. The largest absolute Gasteiger partial charge is 0.454 e. The molecule has 0 aromatic heterocycles. The van der Waals surface area contributed by atoms with Crippen molar-refractivity contribution in [2.75, 3.05) is 9.80 Å². The van der Waals surface area contributed by atoms with Crippen molar-refractivity contribution in [1.29, 1.82) is 0 Å². The van der Waals surface area contributed by atoms with Gasteiger partial charge < -0.3 is 14.5 Å². The van der Waals surface area contributed by atoms with Crippen molar-refractivity contribution in [2.24, 2.45) is 0 Å². The standard InChI is InChI=1S/C65H46N2O/c1-65(2)58-30-15-14-26-53(58)57-42-50(36-38-59(57)65)67(49-34-32-44(33-35-49)43-18-6-3-7-19-43)61-41-46(40-45-20-12-13-25-52(45)61)51-37-39-62-63-54(51)27-16-28-55(63)56-29-17-31-60(64(56)68-62)66(47-21-8-4-9-22-47)48-23-10-5-11-24-48/h3-42H,1-2H3. The van der Waals surface area contributed by atoms with Gasteiger partial charge in [0.25, 0.3) is 0 Å². The van der Waals surface area contributed by atoms with Crippen LogP contribution in [0, 0.1) is 0 Å². The van der Waals surface area contributed by atoms with Crippen LogP contribution in [-0.4, -0.2) is 0 Å². The van der Waals surface area contributed by atoms with Crippen LogP contribution >= 0.6 is 0 Å². The van der Waals surface area contributed by atoms with Crippen molar-refractivity contribution < 1.29 is 4.74 Å². The van der Waals surface area contributed by atoms with Gasteiger partial charge in [0.05, 0.1) is 11.4 Å². The highest BCUT2D eigenvalue weighted by Gasteiger charge is 2.36. The quantitative estimate of drug-likeness (QED) is 0.151. The molecule has 11 aromatic rings. The van der Waals surface area contributed by atoms with Crippen molar-refractivity contribution >= 4 is 55.7 Å². The molecule has 68 heavy (non-hydrogen) atoms. The Morgan fingerprint density at radius 1 is 0.338 bits per heavy atom. The van der Waals surface area contributed by atoms with E-state index in [-0.39, 0.29) is 5.41 Å². The number of ether oxygens (including phenoxy) is 1. The van der Waals surface area contributed by atoms with E-state index in [9.17, 15) is 0 Å². The summed E-state index contributed by atoms with van der Waals surface area (Å²) in [5.41, 5.74) is 18.6. The molecule has 2 aliphatic rings. The predicted octanol–water partition coefficient (Wildman–Crippen LogP) is 18.3. The Kier molecular flexibility index (Phi) is 9.19. The smallest absolute Gasteiger partial charge is 0.159 e. The van der Waals surface area contributed by atoms with E-state index in [4.69, 9.17) is 4.74 Å². The first-order valence-electron chi connectivity index (χ1n) is 23.5. The van der Waals surface area contributed by atoms with E-state index in [2.05, 4.69) is 266 Å². The molecule has 11 aromatic carbocycles. The molecule has 0 unspecified atom stereocenters. The molecular formula is C65H46N2O. The van der Waals surface area contributed by atoms with Crippen LogP contribution in [0.2, 0.25) is 0 Å². The Morgan fingerprint density at radius 3 is 1.69 bits per heavy atom. The van der Waals surface area contributed by atoms with E-state index in [1.54, 1.807) is 0 Å². The van der Waals surface area contributed by atoms with E-state index in [0.717, 1.165) is 78.6 Å². The van der Waals surface area contributed by atoms with E-state index < -0.39 is 0 Å². The molecule has 0 N–H and O–H groups in total. The van der Waals surface area contributed by atoms with E-state index >= 15 is 0 Å². The molecule has 0 amide bonds. The summed E-state index contributed by atoms with van der Waals surface area (Å²) in [7, 11) is 0. The summed E-state index contributed by atoms with van der Waals surface area (Å²) in [6, 6.07) is 88.0. The van der Waals surface area contributed by atoms with Crippen LogP contribution in [0.4, 0.5) is 34.1 Å². The molecular weight excluding hydrogens is 825 g/mol. The summed E-state index contributed by atoms with van der Waals surface area (Å²) in [6.45, 7) is 4.70. The third kappa shape index (κ3) is 6.35. The van der Waals surface area contributed by atoms with Crippen LogP contribution < -0.4 is 14.5 Å². The topological polar surface area (TPSA) is 15.7 Å². The number of hydrogen-bond donors (Lipinski definition) is 0. The molecule has 1 aliphatic heterocycles. The first-order chi connectivity index (χ1) is 33.5. The highest BCUT2D eigenvalue weighted by atomic mass is 16.5. The Balaban J connectivity index is 0.992. The van der Waals surface area contributed by atoms with E-state index in [1.165, 1.54) is 44.2 Å². The molecule has 0 radical (unpaired) electrons. The maximum Gasteiger partial charge on any atom is 0.159 e. The fourth-order valence-corrected chi connectivity index (χ4v) is 11.0. The normalized spacial score (nSPS) is 12.8. The third-order valence-corrected chi connectivity index (χ3v) is 14.2. The summed E-state index contributed by atoms with van der Waals surface area (Å²) < 4.78 is 7.11. The number of anilines is 6. The van der Waals surface area contributed by atoms with Crippen LogP contribution in [0.25, 0.3) is 66.1 Å². The first-order valence-corrected chi connectivity index (χ1v) is 23.5. The number of rotatable bonds is 8. The average Bonchev–Trinajstić information content (AvgIpc) is 3.63. The SMILES string of the molecule is CC1(C)c2ccccc2-c2cc(N(c3ccc(-c4ccccc4)cc3)c3cc(-c4ccc5c6c(cccc46)-c4cccc(N(c6ccccc6)c6ccccc6)c4O5)cc4ccccc34)ccc21. The van der Waals surface area contributed by atoms with Gasteiger partial charge in [-0.1, -0.05) is 184 Å². The zero-order chi connectivity index (χ0) is 45.3. The third-order valence-electron chi connectivity index (χ3n) is 14.2. The van der Waals surface area contributed by atoms with Crippen LogP contribution in [-0.2, 0) is 5.41 Å². The first kappa shape index (κ1) is 39.7. The fraction of sp³-hybridized carbons (Fsp3) is 0.0462. The molecule has 0 bridgehead atoms. The van der Waals surface area contributed by atoms with Crippen LogP contribution in [0.5, 0.6) is 11.5 Å². The number of hydrogen-bond acceptors (Lipinski definition) is 3. The van der Waals surface area contributed by atoms with Crippen molar-refractivity contribution in [1.82, 2.24) is 0 Å². The highest BCUT2D eigenvalue weighted by molar-refractivity contribution is 6.12. The number of fused-ring (bicyclic) bond motifs is 6. The summed E-state index contributed by atoms with van der Waals surface area (Å²) in [5.74, 6) is 1.69. The maximum atomic E-state index is 7.11. The zero-order valence-corrected chi connectivity index (χ0v) is 37.9. The molecule has 1 aliphatic carbocycles. The number of para-hydroxylation sites is 3. The Bertz CT molecular complexity index is 3690. The lowest BCUT2D eigenvalue weighted by Crippen LogP contribution is -2.15.